The van der Waals surface area contributed by atoms with Crippen molar-refractivity contribution in [3.8, 4) is 0 Å². The van der Waals surface area contributed by atoms with Crippen molar-refractivity contribution in [2.45, 2.75) is 19.8 Å². The second-order valence-electron chi connectivity index (χ2n) is 2.87. The lowest BCUT2D eigenvalue weighted by molar-refractivity contribution is 0.867. The van der Waals surface area contributed by atoms with E-state index in [1.165, 1.54) is 5.56 Å². The maximum absolute atomic E-state index is 3.06. The maximum atomic E-state index is 3.06. The monoisotopic (exact) mass is 261 g/mol. The van der Waals surface area contributed by atoms with Crippen molar-refractivity contribution < 1.29 is 0 Å². The summed E-state index contributed by atoms with van der Waals surface area (Å²) in [6, 6.07) is 8.51. The SMILES string of the molecule is CC(C)c1ccc(NI)cc1. The van der Waals surface area contributed by atoms with E-state index in [1.807, 2.05) is 0 Å². The van der Waals surface area contributed by atoms with Gasteiger partial charge in [0.1, 0.15) is 0 Å². The van der Waals surface area contributed by atoms with Gasteiger partial charge in [0, 0.05) is 5.69 Å². The molecule has 0 radical (unpaired) electrons. The van der Waals surface area contributed by atoms with Crippen LogP contribution < -0.4 is 3.53 Å². The van der Waals surface area contributed by atoms with Crippen molar-refractivity contribution in [2.24, 2.45) is 0 Å². The number of benzene rings is 1. The molecule has 11 heavy (non-hydrogen) atoms. The minimum atomic E-state index is 0.623. The summed E-state index contributed by atoms with van der Waals surface area (Å²) >= 11 is 2.13. The fraction of sp³-hybridized carbons (Fsp3) is 0.333. The van der Waals surface area contributed by atoms with Crippen molar-refractivity contribution in [3.63, 3.8) is 0 Å². The van der Waals surface area contributed by atoms with Gasteiger partial charge in [-0.05, 0) is 23.6 Å². The molecule has 0 amide bonds. The lowest BCUT2D eigenvalue weighted by atomic mass is 10.0. The van der Waals surface area contributed by atoms with E-state index in [0.717, 1.165) is 5.69 Å². The summed E-state index contributed by atoms with van der Waals surface area (Å²) in [5.74, 6) is 0.623. The van der Waals surface area contributed by atoms with Gasteiger partial charge in [-0.3, -0.25) is 0 Å². The Kier molecular flexibility index (Phi) is 3.17. The van der Waals surface area contributed by atoms with Crippen LogP contribution in [0.4, 0.5) is 5.69 Å². The molecule has 0 saturated carbocycles. The lowest BCUT2D eigenvalue weighted by Gasteiger charge is -2.05. The predicted octanol–water partition coefficient (Wildman–Crippen LogP) is 3.57. The number of nitrogens with one attached hydrogen (secondary N) is 1. The van der Waals surface area contributed by atoms with E-state index in [1.54, 1.807) is 0 Å². The number of rotatable bonds is 2. The van der Waals surface area contributed by atoms with Crippen molar-refractivity contribution in [1.29, 1.82) is 0 Å². The first-order chi connectivity index (χ1) is 5.24. The van der Waals surface area contributed by atoms with Crippen LogP contribution in [0.5, 0.6) is 0 Å². The fourth-order valence-corrected chi connectivity index (χ4v) is 1.29. The molecule has 0 spiro atoms. The summed E-state index contributed by atoms with van der Waals surface area (Å²) in [5, 5.41) is 0. The van der Waals surface area contributed by atoms with Gasteiger partial charge in [-0.2, -0.15) is 0 Å². The molecule has 1 N–H and O–H groups in total. The highest BCUT2D eigenvalue weighted by atomic mass is 127. The van der Waals surface area contributed by atoms with Gasteiger partial charge in [0.25, 0.3) is 0 Å². The molecule has 0 saturated heterocycles. The van der Waals surface area contributed by atoms with Crippen LogP contribution in [0.3, 0.4) is 0 Å². The second-order valence-corrected chi connectivity index (χ2v) is 3.41. The molecule has 1 nitrogen and oxygen atoms in total. The Hall–Kier alpha value is -0.250. The number of hydrogen-bond acceptors (Lipinski definition) is 1. The van der Waals surface area contributed by atoms with E-state index in [0.29, 0.717) is 5.92 Å². The molecule has 1 aromatic rings. The first-order valence-corrected chi connectivity index (χ1v) is 4.78. The average molecular weight is 261 g/mol. The van der Waals surface area contributed by atoms with Crippen LogP contribution in [0, 0.1) is 0 Å². The van der Waals surface area contributed by atoms with E-state index in [9.17, 15) is 0 Å². The van der Waals surface area contributed by atoms with Crippen LogP contribution in [-0.2, 0) is 0 Å². The van der Waals surface area contributed by atoms with Crippen LogP contribution in [0.15, 0.2) is 24.3 Å². The standard InChI is InChI=1S/C9H12IN/c1-7(2)8-3-5-9(11-10)6-4-8/h3-7,11H,1-2H3. The molecule has 0 aliphatic carbocycles. The van der Waals surface area contributed by atoms with E-state index in [2.05, 4.69) is 64.5 Å². The molecule has 0 aliphatic heterocycles. The van der Waals surface area contributed by atoms with Crippen molar-refractivity contribution >= 4 is 28.6 Å². The highest BCUT2D eigenvalue weighted by Crippen LogP contribution is 2.17. The topological polar surface area (TPSA) is 12.0 Å². The van der Waals surface area contributed by atoms with E-state index >= 15 is 0 Å². The van der Waals surface area contributed by atoms with Crippen LogP contribution >= 0.6 is 22.9 Å². The van der Waals surface area contributed by atoms with Crippen LogP contribution in [0.25, 0.3) is 0 Å². The Bertz CT molecular complexity index is 216. The molecule has 60 valence electrons. The molecule has 1 rings (SSSR count). The minimum Gasteiger partial charge on any atom is -0.328 e. The van der Waals surface area contributed by atoms with Crippen LogP contribution in [0.2, 0.25) is 0 Å². The highest BCUT2D eigenvalue weighted by Gasteiger charge is 1.96. The summed E-state index contributed by atoms with van der Waals surface area (Å²) in [6.07, 6.45) is 0. The van der Waals surface area contributed by atoms with Gasteiger partial charge in [0.2, 0.25) is 0 Å². The third-order valence-electron chi connectivity index (χ3n) is 1.69. The summed E-state index contributed by atoms with van der Waals surface area (Å²) < 4.78 is 3.06. The molecular weight excluding hydrogens is 249 g/mol. The Morgan fingerprint density at radius 3 is 2.09 bits per heavy atom. The quantitative estimate of drug-likeness (QED) is 0.633. The van der Waals surface area contributed by atoms with Crippen molar-refractivity contribution in [2.75, 3.05) is 3.53 Å². The van der Waals surface area contributed by atoms with E-state index in [4.69, 9.17) is 0 Å². The molecule has 0 aliphatic rings. The van der Waals surface area contributed by atoms with Crippen molar-refractivity contribution in [1.82, 2.24) is 0 Å². The largest absolute Gasteiger partial charge is 0.328 e. The van der Waals surface area contributed by atoms with Gasteiger partial charge >= 0.3 is 0 Å². The molecule has 0 heterocycles. The first-order valence-electron chi connectivity index (χ1n) is 3.70. The third kappa shape index (κ3) is 2.36. The third-order valence-corrected chi connectivity index (χ3v) is 2.31. The lowest BCUT2D eigenvalue weighted by Crippen LogP contribution is -1.86. The predicted molar refractivity (Wildman–Crippen MR) is 58.2 cm³/mol. The van der Waals surface area contributed by atoms with Gasteiger partial charge in [-0.1, -0.05) is 26.0 Å². The van der Waals surface area contributed by atoms with Gasteiger partial charge in [0.15, 0.2) is 0 Å². The fourth-order valence-electron chi connectivity index (χ4n) is 0.931. The summed E-state index contributed by atoms with van der Waals surface area (Å²) in [7, 11) is 0. The number of halogens is 1. The smallest absolute Gasteiger partial charge is 0.0560 e. The van der Waals surface area contributed by atoms with E-state index in [-0.39, 0.29) is 0 Å². The molecule has 0 fully saturated rings. The molecule has 0 atom stereocenters. The zero-order valence-electron chi connectivity index (χ0n) is 6.76. The molecule has 1 aromatic carbocycles. The molecular formula is C9H12IN. The average Bonchev–Trinajstić information content (AvgIpc) is 2.05. The normalized spacial score (nSPS) is 10.2. The zero-order chi connectivity index (χ0) is 8.27. The Morgan fingerprint density at radius 1 is 1.18 bits per heavy atom. The van der Waals surface area contributed by atoms with E-state index < -0.39 is 0 Å². The summed E-state index contributed by atoms with van der Waals surface area (Å²) in [6.45, 7) is 4.40. The zero-order valence-corrected chi connectivity index (χ0v) is 8.92. The van der Waals surface area contributed by atoms with Gasteiger partial charge in [-0.15, -0.1) is 0 Å². The highest BCUT2D eigenvalue weighted by molar-refractivity contribution is 14.1. The number of hydrogen-bond donors (Lipinski definition) is 1. The maximum Gasteiger partial charge on any atom is 0.0560 e. The number of anilines is 1. The minimum absolute atomic E-state index is 0.623. The Morgan fingerprint density at radius 2 is 1.73 bits per heavy atom. The molecule has 2 heteroatoms. The molecule has 0 bridgehead atoms. The first kappa shape index (κ1) is 8.84. The summed E-state index contributed by atoms with van der Waals surface area (Å²) in [4.78, 5) is 0. The van der Waals surface area contributed by atoms with Crippen LogP contribution in [0.1, 0.15) is 25.3 Å². The van der Waals surface area contributed by atoms with Gasteiger partial charge in [0.05, 0.1) is 22.9 Å². The second kappa shape index (κ2) is 3.95. The van der Waals surface area contributed by atoms with Crippen molar-refractivity contribution in [3.05, 3.63) is 29.8 Å². The van der Waals surface area contributed by atoms with Gasteiger partial charge in [-0.25, -0.2) is 0 Å². The summed E-state index contributed by atoms with van der Waals surface area (Å²) in [5.41, 5.74) is 2.55. The van der Waals surface area contributed by atoms with Gasteiger partial charge < -0.3 is 3.53 Å². The Balaban J connectivity index is 2.83. The van der Waals surface area contributed by atoms with Crippen LogP contribution in [-0.4, -0.2) is 0 Å². The molecule has 0 unspecified atom stereocenters. The Labute approximate surface area is 81.7 Å². The molecule has 0 aromatic heterocycles.